The fourth-order valence-electron chi connectivity index (χ4n) is 1.74. The summed E-state index contributed by atoms with van der Waals surface area (Å²) in [4.78, 5) is 0.752. The number of ether oxygens (including phenoxy) is 1. The summed E-state index contributed by atoms with van der Waals surface area (Å²) in [7, 11) is -3.57. The second-order valence-electron chi connectivity index (χ2n) is 4.02. The number of morpholine rings is 1. The summed E-state index contributed by atoms with van der Waals surface area (Å²) >= 11 is 5.87. The van der Waals surface area contributed by atoms with E-state index in [9.17, 15) is 8.42 Å². The van der Waals surface area contributed by atoms with E-state index in [0.29, 0.717) is 4.88 Å². The van der Waals surface area contributed by atoms with Gasteiger partial charge in [0.15, 0.2) is 0 Å². The molecule has 0 aliphatic carbocycles. The number of aliphatic hydroxyl groups excluding tert-OH is 1. The van der Waals surface area contributed by atoms with Crippen molar-refractivity contribution >= 4 is 38.6 Å². The Kier molecular flexibility index (Phi) is 4.54. The van der Waals surface area contributed by atoms with E-state index in [4.69, 9.17) is 27.8 Å². The van der Waals surface area contributed by atoms with Crippen LogP contribution in [-0.4, -0.2) is 55.2 Å². The fourth-order valence-corrected chi connectivity index (χ4v) is 4.70. The third kappa shape index (κ3) is 3.12. The molecule has 3 N–H and O–H groups in total. The van der Waals surface area contributed by atoms with Crippen LogP contribution in [0.15, 0.2) is 16.3 Å². The Hall–Kier alpha value is -0.580. The van der Waals surface area contributed by atoms with Crippen LogP contribution in [0.5, 0.6) is 0 Å². The van der Waals surface area contributed by atoms with Crippen LogP contribution in [0.1, 0.15) is 4.88 Å². The molecule has 1 atom stereocenters. The highest BCUT2D eigenvalue weighted by Crippen LogP contribution is 2.26. The topological polar surface area (TPSA) is 92.9 Å². The summed E-state index contributed by atoms with van der Waals surface area (Å²) in [6, 6.07) is 3.10. The molecule has 0 spiro atoms. The number of thiophene rings is 1. The first-order valence-corrected chi connectivity index (χ1v) is 8.24. The summed E-state index contributed by atoms with van der Waals surface area (Å²) in [5.74, 6) is 0. The zero-order valence-electron chi connectivity index (χ0n) is 9.98. The second kappa shape index (κ2) is 5.81. The van der Waals surface area contributed by atoms with E-state index < -0.39 is 16.1 Å². The summed E-state index contributed by atoms with van der Waals surface area (Å²) in [5, 5.41) is 9.04. The molecular formula is C10H14N2O4S3. The second-order valence-corrected chi connectivity index (χ2v) is 7.71. The Bertz CT molecular complexity index is 569. The van der Waals surface area contributed by atoms with Gasteiger partial charge in [-0.05, 0) is 12.1 Å². The van der Waals surface area contributed by atoms with Crippen LogP contribution in [0.3, 0.4) is 0 Å². The normalized spacial score (nSPS) is 21.4. The minimum absolute atomic E-state index is 0.152. The number of rotatable bonds is 4. The summed E-state index contributed by atoms with van der Waals surface area (Å²) in [6.07, 6.45) is -0.474. The van der Waals surface area contributed by atoms with Gasteiger partial charge in [0.05, 0.1) is 24.2 Å². The van der Waals surface area contributed by atoms with Crippen molar-refractivity contribution in [1.29, 1.82) is 0 Å². The molecule has 19 heavy (non-hydrogen) atoms. The summed E-state index contributed by atoms with van der Waals surface area (Å²) < 4.78 is 31.6. The number of thiocarbonyl (C=S) groups is 1. The maximum atomic E-state index is 12.4. The van der Waals surface area contributed by atoms with Crippen LogP contribution in [-0.2, 0) is 14.8 Å². The molecule has 0 bridgehead atoms. The van der Waals surface area contributed by atoms with E-state index in [1.165, 1.54) is 10.4 Å². The first-order chi connectivity index (χ1) is 8.95. The minimum Gasteiger partial charge on any atom is -0.394 e. The average molecular weight is 322 g/mol. The van der Waals surface area contributed by atoms with E-state index in [-0.39, 0.29) is 35.5 Å². The first-order valence-electron chi connectivity index (χ1n) is 5.57. The van der Waals surface area contributed by atoms with Crippen LogP contribution >= 0.6 is 23.6 Å². The quantitative estimate of drug-likeness (QED) is 0.744. The first kappa shape index (κ1) is 14.8. The fraction of sp³-hybridized carbons (Fsp3) is 0.500. The number of aliphatic hydroxyl groups is 1. The number of hydrogen-bond donors (Lipinski definition) is 2. The zero-order valence-corrected chi connectivity index (χ0v) is 12.4. The lowest BCUT2D eigenvalue weighted by atomic mass is 10.3. The van der Waals surface area contributed by atoms with Gasteiger partial charge in [0.2, 0.25) is 0 Å². The van der Waals surface area contributed by atoms with Crippen molar-refractivity contribution in [1.82, 2.24) is 4.31 Å². The lowest BCUT2D eigenvalue weighted by Gasteiger charge is -2.30. The van der Waals surface area contributed by atoms with Gasteiger partial charge in [-0.1, -0.05) is 12.2 Å². The van der Waals surface area contributed by atoms with Gasteiger partial charge in [0.25, 0.3) is 10.0 Å². The van der Waals surface area contributed by atoms with Gasteiger partial charge in [0, 0.05) is 13.1 Å². The smallest absolute Gasteiger partial charge is 0.252 e. The maximum Gasteiger partial charge on any atom is 0.252 e. The van der Waals surface area contributed by atoms with E-state index in [2.05, 4.69) is 0 Å². The monoisotopic (exact) mass is 322 g/mol. The van der Waals surface area contributed by atoms with Gasteiger partial charge in [-0.25, -0.2) is 8.42 Å². The van der Waals surface area contributed by atoms with E-state index in [0.717, 1.165) is 11.3 Å². The predicted octanol–water partition coefficient (Wildman–Crippen LogP) is -0.236. The van der Waals surface area contributed by atoms with Gasteiger partial charge < -0.3 is 15.6 Å². The maximum absolute atomic E-state index is 12.4. The lowest BCUT2D eigenvalue weighted by molar-refractivity contribution is -0.0304. The van der Waals surface area contributed by atoms with Gasteiger partial charge in [-0.2, -0.15) is 4.31 Å². The third-order valence-electron chi connectivity index (χ3n) is 2.72. The molecule has 1 unspecified atom stereocenters. The zero-order chi connectivity index (χ0) is 14.0. The Labute approximate surface area is 120 Å². The van der Waals surface area contributed by atoms with Gasteiger partial charge in [-0.15, -0.1) is 11.3 Å². The average Bonchev–Trinajstić information content (AvgIpc) is 2.89. The molecule has 106 valence electrons. The molecule has 0 radical (unpaired) electrons. The summed E-state index contributed by atoms with van der Waals surface area (Å²) in [6.45, 7) is 0.505. The Morgan fingerprint density at radius 3 is 2.95 bits per heavy atom. The number of hydrogen-bond acceptors (Lipinski definition) is 6. The lowest BCUT2D eigenvalue weighted by Crippen LogP contribution is -2.46. The number of nitrogens with zero attached hydrogens (tertiary/aromatic N) is 1. The molecule has 2 rings (SSSR count). The van der Waals surface area contributed by atoms with Gasteiger partial charge >= 0.3 is 0 Å². The van der Waals surface area contributed by atoms with Gasteiger partial charge in [0.1, 0.15) is 9.20 Å². The van der Waals surface area contributed by atoms with Gasteiger partial charge in [-0.3, -0.25) is 0 Å². The van der Waals surface area contributed by atoms with Crippen molar-refractivity contribution in [2.75, 3.05) is 26.3 Å². The molecule has 9 heteroatoms. The van der Waals surface area contributed by atoms with Crippen molar-refractivity contribution < 1.29 is 18.3 Å². The molecule has 1 aromatic heterocycles. The predicted molar refractivity (Wildman–Crippen MR) is 75.8 cm³/mol. The molecule has 1 saturated heterocycles. The van der Waals surface area contributed by atoms with Crippen molar-refractivity contribution in [3.63, 3.8) is 0 Å². The van der Waals surface area contributed by atoms with E-state index >= 15 is 0 Å². The highest BCUT2D eigenvalue weighted by molar-refractivity contribution is 7.91. The third-order valence-corrected chi connectivity index (χ3v) is 6.52. The molecular weight excluding hydrogens is 308 g/mol. The Morgan fingerprint density at radius 2 is 2.37 bits per heavy atom. The molecule has 0 amide bonds. The Morgan fingerprint density at radius 1 is 1.63 bits per heavy atom. The minimum atomic E-state index is -3.57. The Balaban J connectivity index is 2.23. The molecule has 1 aromatic rings. The molecule has 0 saturated carbocycles. The number of sulfonamides is 1. The van der Waals surface area contributed by atoms with Crippen LogP contribution in [0.4, 0.5) is 0 Å². The molecule has 1 fully saturated rings. The number of nitrogens with two attached hydrogens (primary N) is 1. The SMILES string of the molecule is NC(=S)c1ccc(S(=O)(=O)N2CCOC(CO)C2)s1. The molecule has 1 aliphatic heterocycles. The highest BCUT2D eigenvalue weighted by Gasteiger charge is 2.31. The van der Waals surface area contributed by atoms with Crippen LogP contribution < -0.4 is 5.73 Å². The molecule has 6 nitrogen and oxygen atoms in total. The molecule has 1 aliphatic rings. The van der Waals surface area contributed by atoms with Crippen molar-refractivity contribution in [3.8, 4) is 0 Å². The molecule has 2 heterocycles. The highest BCUT2D eigenvalue weighted by atomic mass is 32.2. The van der Waals surface area contributed by atoms with Crippen LogP contribution in [0.25, 0.3) is 0 Å². The van der Waals surface area contributed by atoms with Crippen LogP contribution in [0, 0.1) is 0 Å². The van der Waals surface area contributed by atoms with Crippen molar-refractivity contribution in [2.24, 2.45) is 5.73 Å². The van der Waals surface area contributed by atoms with Crippen molar-refractivity contribution in [3.05, 3.63) is 17.0 Å². The summed E-state index contributed by atoms with van der Waals surface area (Å²) in [5.41, 5.74) is 5.47. The van der Waals surface area contributed by atoms with Crippen LogP contribution in [0.2, 0.25) is 0 Å². The molecule has 0 aromatic carbocycles. The van der Waals surface area contributed by atoms with E-state index in [1.54, 1.807) is 6.07 Å². The van der Waals surface area contributed by atoms with E-state index in [1.807, 2.05) is 0 Å². The standard InChI is InChI=1S/C10H14N2O4S3/c11-10(17)8-1-2-9(18-8)19(14,15)12-3-4-16-7(5-12)6-13/h1-2,7,13H,3-6H2,(H2,11,17). The largest absolute Gasteiger partial charge is 0.394 e. The van der Waals surface area contributed by atoms with Crippen molar-refractivity contribution in [2.45, 2.75) is 10.3 Å².